The number of hydrogen-bond acceptors (Lipinski definition) is 5. The molecule has 1 fully saturated rings. The molecule has 24 heavy (non-hydrogen) atoms. The highest BCUT2D eigenvalue weighted by molar-refractivity contribution is 5.73. The summed E-state index contributed by atoms with van der Waals surface area (Å²) in [6.07, 6.45) is -0.831. The Bertz CT molecular complexity index is 772. The third kappa shape index (κ3) is 4.51. The van der Waals surface area contributed by atoms with Crippen molar-refractivity contribution < 1.29 is 23.1 Å². The number of aromatic nitrogens is 3. The fourth-order valence-corrected chi connectivity index (χ4v) is 2.11. The van der Waals surface area contributed by atoms with Gasteiger partial charge in [0.2, 0.25) is 0 Å². The van der Waals surface area contributed by atoms with Gasteiger partial charge in [-0.1, -0.05) is 0 Å². The second-order valence-corrected chi connectivity index (χ2v) is 5.24. The lowest BCUT2D eigenvalue weighted by atomic mass is 9.99. The minimum Gasteiger partial charge on any atom is -0.475 e. The van der Waals surface area contributed by atoms with Crippen molar-refractivity contribution in [3.05, 3.63) is 35.0 Å². The van der Waals surface area contributed by atoms with Crippen molar-refractivity contribution in [1.29, 1.82) is 0 Å². The molecule has 2 N–H and O–H groups in total. The second-order valence-electron chi connectivity index (χ2n) is 5.24. The Morgan fingerprint density at radius 3 is 2.58 bits per heavy atom. The summed E-state index contributed by atoms with van der Waals surface area (Å²) in [5, 5.41) is 11.3. The molecule has 1 aliphatic rings. The van der Waals surface area contributed by atoms with Gasteiger partial charge in [0.1, 0.15) is 12.0 Å². The molecule has 0 aliphatic carbocycles. The first-order chi connectivity index (χ1) is 11.3. The molecule has 0 amide bonds. The molecule has 0 spiro atoms. The standard InChI is InChI=1S/C12H14N4O.C2HF3O2/c17-11-2-1-10-7-14-8-15-12(10)16(11)4-3-9-5-13-6-9;3-2(4,5)1(6)7/h1-2,7-9,13H,3-6H2;(H,6,7). The summed E-state index contributed by atoms with van der Waals surface area (Å²) < 4.78 is 33.5. The first-order valence-electron chi connectivity index (χ1n) is 7.09. The third-order valence-electron chi connectivity index (χ3n) is 3.52. The van der Waals surface area contributed by atoms with Gasteiger partial charge >= 0.3 is 12.1 Å². The van der Waals surface area contributed by atoms with E-state index in [-0.39, 0.29) is 5.56 Å². The fraction of sp³-hybridized carbons (Fsp3) is 0.429. The lowest BCUT2D eigenvalue weighted by Crippen LogP contribution is -2.42. The predicted octanol–water partition coefficient (Wildman–Crippen LogP) is 1.03. The minimum absolute atomic E-state index is 0.0171. The van der Waals surface area contributed by atoms with Gasteiger partial charge in [0.25, 0.3) is 5.56 Å². The molecular weight excluding hydrogens is 329 g/mol. The highest BCUT2D eigenvalue weighted by Gasteiger charge is 2.38. The number of aryl methyl sites for hydroxylation is 1. The summed E-state index contributed by atoms with van der Waals surface area (Å²) in [5.41, 5.74) is 0.753. The van der Waals surface area contributed by atoms with Gasteiger partial charge < -0.3 is 10.4 Å². The number of carboxylic acids is 1. The number of rotatable bonds is 3. The summed E-state index contributed by atoms with van der Waals surface area (Å²) >= 11 is 0. The van der Waals surface area contributed by atoms with Crippen molar-refractivity contribution >= 4 is 17.0 Å². The quantitative estimate of drug-likeness (QED) is 0.863. The monoisotopic (exact) mass is 344 g/mol. The molecule has 0 radical (unpaired) electrons. The van der Waals surface area contributed by atoms with Crippen LogP contribution in [0.4, 0.5) is 13.2 Å². The van der Waals surface area contributed by atoms with E-state index in [0.29, 0.717) is 5.92 Å². The third-order valence-corrected chi connectivity index (χ3v) is 3.52. The van der Waals surface area contributed by atoms with E-state index in [4.69, 9.17) is 9.90 Å². The van der Waals surface area contributed by atoms with Gasteiger partial charge in [-0.15, -0.1) is 0 Å². The number of nitrogens with zero attached hydrogens (tertiary/aromatic N) is 3. The molecule has 2 aromatic heterocycles. The van der Waals surface area contributed by atoms with Crippen molar-refractivity contribution in [2.45, 2.75) is 19.1 Å². The Morgan fingerprint density at radius 2 is 2.04 bits per heavy atom. The summed E-state index contributed by atoms with van der Waals surface area (Å²) in [6.45, 7) is 2.86. The van der Waals surface area contributed by atoms with Gasteiger partial charge in [-0.25, -0.2) is 14.8 Å². The van der Waals surface area contributed by atoms with Gasteiger partial charge in [0.05, 0.1) is 0 Å². The Labute approximate surface area is 134 Å². The average molecular weight is 344 g/mol. The van der Waals surface area contributed by atoms with Gasteiger partial charge in [-0.3, -0.25) is 9.36 Å². The van der Waals surface area contributed by atoms with Gasteiger partial charge in [-0.05, 0) is 31.5 Å². The molecule has 0 bridgehead atoms. The average Bonchev–Trinajstić information content (AvgIpc) is 2.47. The maximum Gasteiger partial charge on any atom is 0.490 e. The largest absolute Gasteiger partial charge is 0.490 e. The highest BCUT2D eigenvalue weighted by Crippen LogP contribution is 2.13. The molecule has 0 unspecified atom stereocenters. The molecule has 1 saturated heterocycles. The van der Waals surface area contributed by atoms with Gasteiger partial charge in [-0.2, -0.15) is 13.2 Å². The number of halogens is 3. The van der Waals surface area contributed by atoms with Crippen LogP contribution in [-0.2, 0) is 11.3 Å². The van der Waals surface area contributed by atoms with Crippen molar-refractivity contribution in [3.8, 4) is 0 Å². The number of fused-ring (bicyclic) bond motifs is 1. The van der Waals surface area contributed by atoms with Crippen LogP contribution < -0.4 is 10.9 Å². The lowest BCUT2D eigenvalue weighted by Gasteiger charge is -2.27. The van der Waals surface area contributed by atoms with Crippen LogP contribution in [0.3, 0.4) is 0 Å². The molecule has 3 heterocycles. The smallest absolute Gasteiger partial charge is 0.475 e. The normalized spacial score (nSPS) is 14.6. The number of pyridine rings is 1. The van der Waals surface area contributed by atoms with Gasteiger partial charge in [0.15, 0.2) is 0 Å². The maximum atomic E-state index is 11.8. The molecule has 10 heteroatoms. The zero-order valence-corrected chi connectivity index (χ0v) is 12.5. The Hall–Kier alpha value is -2.49. The molecule has 2 aromatic rings. The zero-order valence-electron chi connectivity index (χ0n) is 12.5. The molecule has 0 saturated carbocycles. The van der Waals surface area contributed by atoms with Crippen LogP contribution in [0.15, 0.2) is 29.5 Å². The van der Waals surface area contributed by atoms with Crippen LogP contribution in [0.25, 0.3) is 11.0 Å². The lowest BCUT2D eigenvalue weighted by molar-refractivity contribution is -0.192. The number of hydrogen-bond donors (Lipinski definition) is 2. The Balaban J connectivity index is 0.000000256. The van der Waals surface area contributed by atoms with Crippen LogP contribution >= 0.6 is 0 Å². The van der Waals surface area contributed by atoms with Gasteiger partial charge in [0, 0.05) is 24.2 Å². The number of alkyl halides is 3. The summed E-state index contributed by atoms with van der Waals surface area (Å²) in [7, 11) is 0. The molecular formula is C14H15F3N4O3. The number of carbonyl (C=O) groups is 1. The molecule has 1 aliphatic heterocycles. The van der Waals surface area contributed by atoms with E-state index in [0.717, 1.165) is 37.1 Å². The van der Waals surface area contributed by atoms with Crippen molar-refractivity contribution in [2.24, 2.45) is 5.92 Å². The Morgan fingerprint density at radius 1 is 1.38 bits per heavy atom. The fourth-order valence-electron chi connectivity index (χ4n) is 2.11. The van der Waals surface area contributed by atoms with E-state index in [1.807, 2.05) is 0 Å². The van der Waals surface area contributed by atoms with Crippen molar-refractivity contribution in [3.63, 3.8) is 0 Å². The topological polar surface area (TPSA) is 97.1 Å². The van der Waals surface area contributed by atoms with Crippen molar-refractivity contribution in [1.82, 2.24) is 19.9 Å². The van der Waals surface area contributed by atoms with Crippen LogP contribution in [0.5, 0.6) is 0 Å². The second kappa shape index (κ2) is 7.39. The number of nitrogens with one attached hydrogen (secondary N) is 1. The molecule has 130 valence electrons. The van der Waals surface area contributed by atoms with Crippen LogP contribution in [0.1, 0.15) is 6.42 Å². The first-order valence-corrected chi connectivity index (χ1v) is 7.09. The van der Waals surface area contributed by atoms with Crippen LogP contribution in [-0.4, -0.2) is 44.9 Å². The molecule has 0 atom stereocenters. The summed E-state index contributed by atoms with van der Waals surface area (Å²) in [4.78, 5) is 28.9. The van der Waals surface area contributed by atoms with Crippen LogP contribution in [0, 0.1) is 5.92 Å². The van der Waals surface area contributed by atoms with E-state index in [1.54, 1.807) is 22.9 Å². The van der Waals surface area contributed by atoms with Crippen LogP contribution in [0.2, 0.25) is 0 Å². The minimum atomic E-state index is -5.08. The van der Waals surface area contributed by atoms with E-state index in [1.165, 1.54) is 6.33 Å². The van der Waals surface area contributed by atoms with Crippen molar-refractivity contribution in [2.75, 3.05) is 13.1 Å². The first kappa shape index (κ1) is 17.9. The molecule has 3 rings (SSSR count). The molecule has 0 aromatic carbocycles. The zero-order chi connectivity index (χ0) is 17.7. The number of aliphatic carboxylic acids is 1. The van der Waals surface area contributed by atoms with E-state index >= 15 is 0 Å². The molecule has 7 nitrogen and oxygen atoms in total. The maximum absolute atomic E-state index is 11.8. The van der Waals surface area contributed by atoms with E-state index < -0.39 is 12.1 Å². The Kier molecular flexibility index (Phi) is 5.50. The van der Waals surface area contributed by atoms with E-state index in [2.05, 4.69) is 15.3 Å². The SMILES string of the molecule is O=C(O)C(F)(F)F.O=c1ccc2cncnc2n1CCC1CNC1. The predicted molar refractivity (Wildman–Crippen MR) is 78.5 cm³/mol. The summed E-state index contributed by atoms with van der Waals surface area (Å²) in [5.74, 6) is -2.06. The number of carboxylic acid groups (broad SMARTS) is 1. The highest BCUT2D eigenvalue weighted by atomic mass is 19.4. The van der Waals surface area contributed by atoms with E-state index in [9.17, 15) is 18.0 Å². The summed E-state index contributed by atoms with van der Waals surface area (Å²) in [6, 6.07) is 3.36.